The number of anilines is 1. The van der Waals surface area contributed by atoms with Gasteiger partial charge in [0.05, 0.1) is 11.9 Å². The Morgan fingerprint density at radius 1 is 1.30 bits per heavy atom. The largest absolute Gasteiger partial charge is 0.381 e. The highest BCUT2D eigenvalue weighted by atomic mass is 15.3. The maximum atomic E-state index is 4.43. The Morgan fingerprint density at radius 2 is 2.20 bits per heavy atom. The van der Waals surface area contributed by atoms with Gasteiger partial charge < -0.3 is 5.32 Å². The highest BCUT2D eigenvalue weighted by Crippen LogP contribution is 2.37. The van der Waals surface area contributed by atoms with Gasteiger partial charge in [0.1, 0.15) is 12.7 Å². The van der Waals surface area contributed by atoms with E-state index in [1.165, 1.54) is 32.0 Å². The van der Waals surface area contributed by atoms with E-state index < -0.39 is 0 Å². The van der Waals surface area contributed by atoms with E-state index in [1.807, 2.05) is 12.3 Å². The van der Waals surface area contributed by atoms with Crippen LogP contribution in [-0.2, 0) is 0 Å². The summed E-state index contributed by atoms with van der Waals surface area (Å²) in [6, 6.07) is 4.55. The van der Waals surface area contributed by atoms with Crippen LogP contribution in [0.3, 0.4) is 0 Å². The first kappa shape index (κ1) is 13.1. The normalized spacial score (nSPS) is 21.6. The Bertz CT molecular complexity index is 544. The highest BCUT2D eigenvalue weighted by Gasteiger charge is 2.31. The molecule has 1 saturated carbocycles. The summed E-state index contributed by atoms with van der Waals surface area (Å²) in [7, 11) is 0. The number of nitrogens with zero attached hydrogens (tertiary/aromatic N) is 4. The maximum absolute atomic E-state index is 4.43. The molecule has 1 fully saturated rings. The first-order chi connectivity index (χ1) is 9.65. The molecule has 2 aromatic rings. The fourth-order valence-corrected chi connectivity index (χ4v) is 2.90. The third-order valence-electron chi connectivity index (χ3n) is 4.25. The Labute approximate surface area is 119 Å². The molecule has 1 N–H and O–H groups in total. The summed E-state index contributed by atoms with van der Waals surface area (Å²) in [5.41, 5.74) is 1.43. The topological polar surface area (TPSA) is 55.6 Å². The van der Waals surface area contributed by atoms with E-state index in [0.717, 1.165) is 11.5 Å². The predicted molar refractivity (Wildman–Crippen MR) is 78.8 cm³/mol. The molecule has 0 bridgehead atoms. The van der Waals surface area contributed by atoms with Crippen molar-refractivity contribution in [1.29, 1.82) is 0 Å². The molecule has 0 radical (unpaired) electrons. The van der Waals surface area contributed by atoms with Gasteiger partial charge in [-0.25, -0.2) is 14.6 Å². The van der Waals surface area contributed by atoms with E-state index in [1.54, 1.807) is 11.0 Å². The van der Waals surface area contributed by atoms with Crippen LogP contribution in [0.4, 0.5) is 5.69 Å². The Hall–Kier alpha value is -1.91. The van der Waals surface area contributed by atoms with Gasteiger partial charge in [-0.1, -0.05) is 26.7 Å². The molecule has 0 aliphatic heterocycles. The lowest BCUT2D eigenvalue weighted by Crippen LogP contribution is -2.38. The Morgan fingerprint density at radius 3 is 2.85 bits per heavy atom. The van der Waals surface area contributed by atoms with E-state index >= 15 is 0 Å². The minimum absolute atomic E-state index is 0.350. The zero-order valence-electron chi connectivity index (χ0n) is 12.1. The summed E-state index contributed by atoms with van der Waals surface area (Å²) >= 11 is 0. The molecule has 3 rings (SSSR count). The predicted octanol–water partition coefficient (Wildman–Crippen LogP) is 3.04. The van der Waals surface area contributed by atoms with Crippen LogP contribution >= 0.6 is 0 Å². The van der Waals surface area contributed by atoms with Crippen LogP contribution in [0.25, 0.3) is 5.82 Å². The second kappa shape index (κ2) is 5.23. The lowest BCUT2D eigenvalue weighted by atomic mass is 9.73. The van der Waals surface area contributed by atoms with Gasteiger partial charge in [0, 0.05) is 6.04 Å². The third kappa shape index (κ3) is 2.66. The van der Waals surface area contributed by atoms with Crippen molar-refractivity contribution in [2.45, 2.75) is 45.6 Å². The van der Waals surface area contributed by atoms with Crippen molar-refractivity contribution in [3.8, 4) is 5.82 Å². The Balaban J connectivity index is 1.72. The van der Waals surface area contributed by atoms with Gasteiger partial charge in [-0.3, -0.25) is 0 Å². The summed E-state index contributed by atoms with van der Waals surface area (Å²) in [5.74, 6) is 0.788. The first-order valence-electron chi connectivity index (χ1n) is 7.23. The monoisotopic (exact) mass is 271 g/mol. The molecule has 0 aromatic carbocycles. The molecule has 0 spiro atoms. The molecular formula is C15H21N5. The molecule has 20 heavy (non-hydrogen) atoms. The number of aromatic nitrogens is 4. The number of pyridine rings is 1. The summed E-state index contributed by atoms with van der Waals surface area (Å²) in [4.78, 5) is 8.36. The maximum Gasteiger partial charge on any atom is 0.155 e. The molecule has 1 atom stereocenters. The number of hydrogen-bond donors (Lipinski definition) is 1. The Kier molecular flexibility index (Phi) is 3.42. The lowest BCUT2D eigenvalue weighted by Gasteiger charge is -2.39. The van der Waals surface area contributed by atoms with E-state index in [-0.39, 0.29) is 0 Å². The van der Waals surface area contributed by atoms with Crippen molar-refractivity contribution in [2.75, 3.05) is 5.32 Å². The van der Waals surface area contributed by atoms with Crippen molar-refractivity contribution < 1.29 is 0 Å². The van der Waals surface area contributed by atoms with Crippen LogP contribution in [0.2, 0.25) is 0 Å². The van der Waals surface area contributed by atoms with Gasteiger partial charge in [0.25, 0.3) is 0 Å². The minimum Gasteiger partial charge on any atom is -0.381 e. The number of nitrogens with one attached hydrogen (secondary N) is 1. The van der Waals surface area contributed by atoms with Crippen molar-refractivity contribution in [3.63, 3.8) is 0 Å². The number of rotatable bonds is 3. The van der Waals surface area contributed by atoms with E-state index in [2.05, 4.69) is 40.3 Å². The van der Waals surface area contributed by atoms with Crippen LogP contribution in [-0.4, -0.2) is 25.8 Å². The molecule has 1 unspecified atom stereocenters. The van der Waals surface area contributed by atoms with Crippen LogP contribution < -0.4 is 5.32 Å². The second-order valence-electron chi connectivity index (χ2n) is 6.18. The third-order valence-corrected chi connectivity index (χ3v) is 4.25. The average Bonchev–Trinajstić information content (AvgIpc) is 2.96. The van der Waals surface area contributed by atoms with Gasteiger partial charge in [-0.2, -0.15) is 5.10 Å². The van der Waals surface area contributed by atoms with Gasteiger partial charge >= 0.3 is 0 Å². The van der Waals surface area contributed by atoms with Crippen molar-refractivity contribution in [3.05, 3.63) is 31.0 Å². The zero-order valence-corrected chi connectivity index (χ0v) is 12.1. The first-order valence-corrected chi connectivity index (χ1v) is 7.23. The lowest BCUT2D eigenvalue weighted by molar-refractivity contribution is 0.217. The smallest absolute Gasteiger partial charge is 0.155 e. The van der Waals surface area contributed by atoms with Crippen molar-refractivity contribution in [2.24, 2.45) is 5.41 Å². The molecule has 2 aromatic heterocycles. The van der Waals surface area contributed by atoms with E-state index in [4.69, 9.17) is 0 Å². The summed E-state index contributed by atoms with van der Waals surface area (Å²) in [5, 5.41) is 7.71. The van der Waals surface area contributed by atoms with Crippen molar-refractivity contribution in [1.82, 2.24) is 19.7 Å². The standard InChI is InChI=1S/C15H21N5/c1-15(2)8-4-3-5-13(15)19-12-6-7-14(17-9-12)20-11-16-10-18-20/h6-7,9-11,13,19H,3-5,8H2,1-2H3. The van der Waals surface area contributed by atoms with Crippen LogP contribution in [0.15, 0.2) is 31.0 Å². The summed E-state index contributed by atoms with van der Waals surface area (Å²) in [6.07, 6.45) is 10.2. The molecule has 106 valence electrons. The molecule has 5 heteroatoms. The van der Waals surface area contributed by atoms with Gasteiger partial charge in [0.2, 0.25) is 0 Å². The quantitative estimate of drug-likeness (QED) is 0.932. The highest BCUT2D eigenvalue weighted by molar-refractivity contribution is 5.44. The van der Waals surface area contributed by atoms with Crippen LogP contribution in [0, 0.1) is 5.41 Å². The molecule has 2 heterocycles. The molecular weight excluding hydrogens is 250 g/mol. The summed E-state index contributed by atoms with van der Waals surface area (Å²) in [6.45, 7) is 4.70. The SMILES string of the molecule is CC1(C)CCCCC1Nc1ccc(-n2cncn2)nc1. The average molecular weight is 271 g/mol. The second-order valence-corrected chi connectivity index (χ2v) is 6.18. The molecule has 5 nitrogen and oxygen atoms in total. The van der Waals surface area contributed by atoms with Crippen LogP contribution in [0.5, 0.6) is 0 Å². The van der Waals surface area contributed by atoms with Gasteiger partial charge in [-0.15, -0.1) is 0 Å². The van der Waals surface area contributed by atoms with Gasteiger partial charge in [-0.05, 0) is 30.4 Å². The van der Waals surface area contributed by atoms with E-state index in [9.17, 15) is 0 Å². The molecule has 1 aliphatic carbocycles. The minimum atomic E-state index is 0.350. The fraction of sp³-hybridized carbons (Fsp3) is 0.533. The molecule has 1 aliphatic rings. The van der Waals surface area contributed by atoms with Gasteiger partial charge in [0.15, 0.2) is 5.82 Å². The zero-order chi connectivity index (χ0) is 14.0. The molecule has 0 amide bonds. The molecule has 0 saturated heterocycles. The van der Waals surface area contributed by atoms with E-state index in [0.29, 0.717) is 11.5 Å². The fourth-order valence-electron chi connectivity index (χ4n) is 2.90. The van der Waals surface area contributed by atoms with Crippen LogP contribution in [0.1, 0.15) is 39.5 Å². The van der Waals surface area contributed by atoms with Crippen molar-refractivity contribution >= 4 is 5.69 Å². The number of hydrogen-bond acceptors (Lipinski definition) is 4. The summed E-state index contributed by atoms with van der Waals surface area (Å²) < 4.78 is 1.66.